The highest BCUT2D eigenvalue weighted by Gasteiger charge is 2.49. The van der Waals surface area contributed by atoms with Crippen molar-refractivity contribution in [1.29, 1.82) is 0 Å². The number of ether oxygens (including phenoxy) is 2. The Labute approximate surface area is 113 Å². The standard InChI is InChI=1S/C12H21NO5/c1-5-8-12(13-9(4)14,10(15)17-6-2)11(16)18-7-3/h5-8H2,1-4H3,(H,13,14)/i1D2,5D2. The lowest BCUT2D eigenvalue weighted by Crippen LogP contribution is -2.61. The van der Waals surface area contributed by atoms with Crippen molar-refractivity contribution in [2.75, 3.05) is 13.2 Å². The summed E-state index contributed by atoms with van der Waals surface area (Å²) in [5, 5.41) is 2.08. The van der Waals surface area contributed by atoms with Crippen LogP contribution < -0.4 is 5.32 Å². The second kappa shape index (κ2) is 7.68. The molecule has 6 nitrogen and oxygen atoms in total. The Hall–Kier alpha value is -1.59. The molecule has 0 fully saturated rings. The van der Waals surface area contributed by atoms with E-state index < -0.39 is 43.1 Å². The fraction of sp³-hybridized carbons (Fsp3) is 0.750. The largest absolute Gasteiger partial charge is 0.464 e. The number of amides is 1. The summed E-state index contributed by atoms with van der Waals surface area (Å²) in [6, 6.07) is 0. The molecule has 0 aliphatic heterocycles. The van der Waals surface area contributed by atoms with Gasteiger partial charge in [0.1, 0.15) is 0 Å². The first-order valence-corrected chi connectivity index (χ1v) is 5.51. The van der Waals surface area contributed by atoms with Crippen molar-refractivity contribution < 1.29 is 29.3 Å². The first kappa shape index (κ1) is 10.3. The molecule has 18 heavy (non-hydrogen) atoms. The quantitative estimate of drug-likeness (QED) is 0.542. The maximum Gasteiger partial charge on any atom is 0.343 e. The van der Waals surface area contributed by atoms with Gasteiger partial charge < -0.3 is 14.8 Å². The van der Waals surface area contributed by atoms with Gasteiger partial charge in [0.15, 0.2) is 0 Å². The number of esters is 2. The predicted molar refractivity (Wildman–Crippen MR) is 64.7 cm³/mol. The second-order valence-corrected chi connectivity index (χ2v) is 3.41. The zero-order valence-corrected chi connectivity index (χ0v) is 10.7. The summed E-state index contributed by atoms with van der Waals surface area (Å²) in [6.45, 7) is 1.81. The SMILES string of the molecule is [2H]C([2H])C([2H])([2H])CC(NC(C)=O)(C(=O)OCC)C(=O)OCC. The summed E-state index contributed by atoms with van der Waals surface area (Å²) in [7, 11) is 0. The molecule has 1 N–H and O–H groups in total. The highest BCUT2D eigenvalue weighted by Crippen LogP contribution is 2.18. The lowest BCUT2D eigenvalue weighted by atomic mass is 9.93. The van der Waals surface area contributed by atoms with E-state index in [0.29, 0.717) is 0 Å². The van der Waals surface area contributed by atoms with Gasteiger partial charge in [0, 0.05) is 12.4 Å². The third-order valence-electron chi connectivity index (χ3n) is 2.00. The summed E-state index contributed by atoms with van der Waals surface area (Å²) < 4.78 is 39.2. The highest BCUT2D eigenvalue weighted by atomic mass is 16.6. The third kappa shape index (κ3) is 4.01. The molecule has 0 aliphatic carbocycles. The molecule has 0 unspecified atom stereocenters. The predicted octanol–water partition coefficient (Wildman–Crippen LogP) is 0.788. The van der Waals surface area contributed by atoms with Crippen LogP contribution in [0.5, 0.6) is 0 Å². The molecule has 0 saturated carbocycles. The van der Waals surface area contributed by atoms with Gasteiger partial charge in [-0.2, -0.15) is 0 Å². The average molecular weight is 263 g/mol. The number of nitrogens with one attached hydrogen (secondary N) is 1. The Morgan fingerprint density at radius 2 is 1.72 bits per heavy atom. The molecule has 0 radical (unpaired) electrons. The smallest absolute Gasteiger partial charge is 0.343 e. The van der Waals surface area contributed by atoms with Crippen molar-refractivity contribution >= 4 is 17.8 Å². The summed E-state index contributed by atoms with van der Waals surface area (Å²) >= 11 is 0. The molecule has 6 heteroatoms. The van der Waals surface area contributed by atoms with Gasteiger partial charge in [-0.25, -0.2) is 9.59 Å². The van der Waals surface area contributed by atoms with Gasteiger partial charge in [0.05, 0.1) is 13.2 Å². The topological polar surface area (TPSA) is 81.7 Å². The van der Waals surface area contributed by atoms with Crippen LogP contribution in [0.15, 0.2) is 0 Å². The molecule has 0 bridgehead atoms. The van der Waals surface area contributed by atoms with E-state index in [1.807, 2.05) is 0 Å². The molecule has 0 aliphatic rings. The van der Waals surface area contributed by atoms with E-state index in [-0.39, 0.29) is 13.2 Å². The van der Waals surface area contributed by atoms with Crippen LogP contribution in [-0.2, 0) is 23.9 Å². The molecule has 0 heterocycles. The molecule has 0 saturated heterocycles. The lowest BCUT2D eigenvalue weighted by molar-refractivity contribution is -0.168. The minimum absolute atomic E-state index is 0.103. The van der Waals surface area contributed by atoms with E-state index in [1.165, 1.54) is 13.8 Å². The Kier molecular flexibility index (Phi) is 4.41. The molecule has 0 aromatic rings. The van der Waals surface area contributed by atoms with E-state index in [4.69, 9.17) is 15.0 Å². The minimum atomic E-state index is -2.55. The first-order valence-electron chi connectivity index (χ1n) is 7.66. The van der Waals surface area contributed by atoms with Crippen LogP contribution >= 0.6 is 0 Å². The van der Waals surface area contributed by atoms with Gasteiger partial charge in [0.2, 0.25) is 11.4 Å². The molecule has 1 amide bonds. The Balaban J connectivity index is 5.89. The van der Waals surface area contributed by atoms with Crippen molar-refractivity contribution in [1.82, 2.24) is 5.32 Å². The van der Waals surface area contributed by atoms with Gasteiger partial charge in [-0.15, -0.1) is 0 Å². The van der Waals surface area contributed by atoms with Crippen LogP contribution in [0.4, 0.5) is 0 Å². The molecule has 104 valence electrons. The van der Waals surface area contributed by atoms with Crippen LogP contribution in [0.1, 0.15) is 45.9 Å². The van der Waals surface area contributed by atoms with Gasteiger partial charge >= 0.3 is 11.9 Å². The molecule has 0 rings (SSSR count). The van der Waals surface area contributed by atoms with Crippen molar-refractivity contribution in [2.45, 2.75) is 46.0 Å². The van der Waals surface area contributed by atoms with E-state index >= 15 is 0 Å². The zero-order chi connectivity index (χ0) is 17.6. The first-order chi connectivity index (χ1) is 10.0. The maximum atomic E-state index is 12.2. The molecular formula is C12H21NO5. The summed E-state index contributed by atoms with van der Waals surface area (Å²) in [5.41, 5.74) is -2.43. The number of carbonyl (C=O) groups is 3. The van der Waals surface area contributed by atoms with Gasteiger partial charge in [-0.1, -0.05) is 13.2 Å². The van der Waals surface area contributed by atoms with Crippen LogP contribution in [0.3, 0.4) is 0 Å². The van der Waals surface area contributed by atoms with E-state index in [0.717, 1.165) is 6.92 Å². The number of rotatable bonds is 7. The van der Waals surface area contributed by atoms with Crippen molar-refractivity contribution in [2.24, 2.45) is 0 Å². The van der Waals surface area contributed by atoms with Crippen LogP contribution in [0, 0.1) is 0 Å². The molecule has 0 aromatic carbocycles. The number of hydrogen-bond acceptors (Lipinski definition) is 5. The Morgan fingerprint density at radius 3 is 2.06 bits per heavy atom. The minimum Gasteiger partial charge on any atom is -0.464 e. The van der Waals surface area contributed by atoms with Crippen molar-refractivity contribution in [3.63, 3.8) is 0 Å². The fourth-order valence-electron chi connectivity index (χ4n) is 1.34. The number of carbonyl (C=O) groups excluding carboxylic acids is 3. The van der Waals surface area contributed by atoms with Crippen LogP contribution in [0.25, 0.3) is 0 Å². The summed E-state index contributed by atoms with van der Waals surface area (Å²) in [5.74, 6) is -3.15. The van der Waals surface area contributed by atoms with E-state index in [1.54, 1.807) is 0 Å². The molecule has 0 atom stereocenters. The summed E-state index contributed by atoms with van der Waals surface area (Å²) in [6.07, 6.45) is -3.49. The van der Waals surface area contributed by atoms with Gasteiger partial charge in [-0.05, 0) is 20.3 Å². The fourth-order valence-corrected chi connectivity index (χ4v) is 1.34. The maximum absolute atomic E-state index is 12.2. The van der Waals surface area contributed by atoms with E-state index in [9.17, 15) is 14.4 Å². The van der Waals surface area contributed by atoms with Crippen LogP contribution in [-0.4, -0.2) is 36.6 Å². The van der Waals surface area contributed by atoms with E-state index in [2.05, 4.69) is 5.32 Å². The molecule has 0 spiro atoms. The summed E-state index contributed by atoms with van der Waals surface area (Å²) in [4.78, 5) is 35.8. The second-order valence-electron chi connectivity index (χ2n) is 3.41. The lowest BCUT2D eigenvalue weighted by Gasteiger charge is -2.29. The zero-order valence-electron chi connectivity index (χ0n) is 14.7. The third-order valence-corrected chi connectivity index (χ3v) is 2.00. The molecule has 0 aromatic heterocycles. The van der Waals surface area contributed by atoms with Crippen molar-refractivity contribution in [3.05, 3.63) is 0 Å². The average Bonchev–Trinajstić information content (AvgIpc) is 2.37. The number of hydrogen-bond donors (Lipinski definition) is 1. The highest BCUT2D eigenvalue weighted by molar-refractivity contribution is 6.07. The van der Waals surface area contributed by atoms with Crippen LogP contribution in [0.2, 0.25) is 0 Å². The Morgan fingerprint density at radius 1 is 1.22 bits per heavy atom. The normalized spacial score (nSPS) is 14.9. The van der Waals surface area contributed by atoms with Gasteiger partial charge in [-0.3, -0.25) is 4.79 Å². The molecular weight excluding hydrogens is 238 g/mol. The van der Waals surface area contributed by atoms with Gasteiger partial charge in [0.25, 0.3) is 0 Å². The van der Waals surface area contributed by atoms with Crippen molar-refractivity contribution in [3.8, 4) is 0 Å². The Bertz CT molecular complexity index is 410. The monoisotopic (exact) mass is 263 g/mol.